The summed E-state index contributed by atoms with van der Waals surface area (Å²) in [6, 6.07) is -0.975. The van der Waals surface area contributed by atoms with E-state index in [-0.39, 0.29) is 12.0 Å². The quantitative estimate of drug-likeness (QED) is 0.169. The molecule has 0 aromatic heterocycles. The molecule has 0 aliphatic carbocycles. The van der Waals surface area contributed by atoms with Gasteiger partial charge in [-0.2, -0.15) is 0 Å². The second-order valence-corrected chi connectivity index (χ2v) is 11.3. The number of carbonyl (C=O) groups excluding carboxylic acids is 1. The van der Waals surface area contributed by atoms with Gasteiger partial charge < -0.3 is 40.3 Å². The Morgan fingerprint density at radius 2 is 1.14 bits per heavy atom. The Bertz CT molecular complexity index is 2000. The summed E-state index contributed by atoms with van der Waals surface area (Å²) in [5, 5.41) is 53.0. The standard InChI is InChI=1S/C42H35NO8/c1-5-6-7-8-9-10-11-12-13-14-15-16-17-18-19-20-21-22-23-24-25-26-27-30-37(46)43-34(35(45)29-28-31-42(2,3)4)33-50-41-40(49)39(48)38(47)36(32-44)51-41/h34-36,38-41,44-45,47-49H,28-29,31-33H2,1-4H3,(H,43,46)/t34-,35+,36?,38-,39-,40?,41-/m0/s1. The van der Waals surface area contributed by atoms with E-state index in [4.69, 9.17) is 9.47 Å². The van der Waals surface area contributed by atoms with Crippen LogP contribution >= 0.6 is 0 Å². The van der Waals surface area contributed by atoms with Crippen LogP contribution in [0.2, 0.25) is 0 Å². The molecule has 0 spiro atoms. The van der Waals surface area contributed by atoms with Gasteiger partial charge in [0.05, 0.1) is 25.4 Å². The number of aliphatic hydroxyl groups is 5. The molecule has 9 heteroatoms. The molecular weight excluding hydrogens is 646 g/mol. The van der Waals surface area contributed by atoms with E-state index in [9.17, 15) is 30.3 Å². The van der Waals surface area contributed by atoms with Crippen molar-refractivity contribution in [1.29, 1.82) is 0 Å². The predicted octanol–water partition coefficient (Wildman–Crippen LogP) is -1.07. The lowest BCUT2D eigenvalue weighted by Gasteiger charge is -2.40. The van der Waals surface area contributed by atoms with Gasteiger partial charge in [-0.15, -0.1) is 0 Å². The van der Waals surface area contributed by atoms with Crippen molar-refractivity contribution in [3.8, 4) is 142 Å². The van der Waals surface area contributed by atoms with Crippen LogP contribution < -0.4 is 5.32 Å². The molecule has 6 N–H and O–H groups in total. The summed E-state index contributed by atoms with van der Waals surface area (Å²) in [5.41, 5.74) is 0.0351. The van der Waals surface area contributed by atoms with Crippen molar-refractivity contribution in [1.82, 2.24) is 5.32 Å². The fourth-order valence-electron chi connectivity index (χ4n) is 3.68. The molecule has 1 rings (SSSR count). The van der Waals surface area contributed by atoms with E-state index in [0.717, 1.165) is 6.42 Å². The lowest BCUT2D eigenvalue weighted by Crippen LogP contribution is -2.60. The molecule has 1 heterocycles. The number of aliphatic hydroxyl groups excluding tert-OH is 5. The van der Waals surface area contributed by atoms with Gasteiger partial charge in [-0.05, 0) is 120 Å². The molecule has 7 atom stereocenters. The largest absolute Gasteiger partial charge is 0.394 e. The molecular formula is C42H35NO8. The number of ether oxygens (including phenoxy) is 2. The molecule has 0 bridgehead atoms. The summed E-state index contributed by atoms with van der Waals surface area (Å²) in [6.45, 7) is 6.91. The molecule has 0 radical (unpaired) electrons. The molecule has 1 saturated heterocycles. The summed E-state index contributed by atoms with van der Waals surface area (Å²) in [7, 11) is 0. The summed E-state index contributed by atoms with van der Waals surface area (Å²) in [4.78, 5) is 12.5. The minimum absolute atomic E-state index is 0.0351. The molecule has 0 aromatic carbocycles. The molecule has 51 heavy (non-hydrogen) atoms. The highest BCUT2D eigenvalue weighted by atomic mass is 16.7. The lowest BCUT2D eigenvalue weighted by molar-refractivity contribution is -0.302. The average Bonchev–Trinajstić information content (AvgIpc) is 3.09. The van der Waals surface area contributed by atoms with Crippen LogP contribution in [0.25, 0.3) is 0 Å². The minimum Gasteiger partial charge on any atom is -0.394 e. The summed E-state index contributed by atoms with van der Waals surface area (Å²) >= 11 is 0. The highest BCUT2D eigenvalue weighted by molar-refractivity contribution is 5.94. The third-order valence-corrected chi connectivity index (χ3v) is 6.11. The Hall–Kier alpha value is -6.09. The van der Waals surface area contributed by atoms with Crippen LogP contribution in [0.5, 0.6) is 0 Å². The fraction of sp³-hybridized carbons (Fsp3) is 0.405. The average molecular weight is 682 g/mol. The van der Waals surface area contributed by atoms with Gasteiger partial charge in [-0.25, -0.2) is 0 Å². The second kappa shape index (κ2) is 25.9. The van der Waals surface area contributed by atoms with Crippen molar-refractivity contribution in [2.24, 2.45) is 5.41 Å². The van der Waals surface area contributed by atoms with Crippen LogP contribution in [0.15, 0.2) is 0 Å². The van der Waals surface area contributed by atoms with Gasteiger partial charge in [0, 0.05) is 41.4 Å². The Morgan fingerprint density at radius 3 is 1.55 bits per heavy atom. The number of rotatable bonds is 9. The van der Waals surface area contributed by atoms with Gasteiger partial charge in [-0.1, -0.05) is 33.1 Å². The number of amides is 1. The van der Waals surface area contributed by atoms with Gasteiger partial charge in [0.1, 0.15) is 24.4 Å². The zero-order chi connectivity index (χ0) is 37.7. The molecule has 1 fully saturated rings. The first-order valence-corrected chi connectivity index (χ1v) is 15.3. The van der Waals surface area contributed by atoms with Crippen LogP contribution in [0.3, 0.4) is 0 Å². The van der Waals surface area contributed by atoms with E-state index >= 15 is 0 Å². The first-order chi connectivity index (χ1) is 24.5. The summed E-state index contributed by atoms with van der Waals surface area (Å²) < 4.78 is 10.9. The maximum absolute atomic E-state index is 12.5. The number of hydrogen-bond acceptors (Lipinski definition) is 8. The number of carbonyl (C=O) groups is 1. The van der Waals surface area contributed by atoms with E-state index in [1.165, 1.54) is 0 Å². The van der Waals surface area contributed by atoms with Crippen LogP contribution in [0.1, 0.15) is 47.0 Å². The van der Waals surface area contributed by atoms with E-state index < -0.39 is 55.4 Å². The topological polar surface area (TPSA) is 149 Å². The molecule has 0 saturated carbocycles. The lowest BCUT2D eigenvalue weighted by atomic mass is 9.88. The Labute approximate surface area is 301 Å². The van der Waals surface area contributed by atoms with Gasteiger partial charge in [-0.3, -0.25) is 4.79 Å². The van der Waals surface area contributed by atoms with Crippen LogP contribution in [0.4, 0.5) is 0 Å². The highest BCUT2D eigenvalue weighted by Gasteiger charge is 2.44. The van der Waals surface area contributed by atoms with Gasteiger partial charge >= 0.3 is 0 Å². The normalized spacial score (nSPS) is 18.5. The molecule has 1 aliphatic heterocycles. The van der Waals surface area contributed by atoms with Crippen LogP contribution in [-0.2, 0) is 14.3 Å². The Kier molecular flexibility index (Phi) is 21.8. The molecule has 1 amide bonds. The number of nitrogens with one attached hydrogen (secondary N) is 1. The predicted molar refractivity (Wildman–Crippen MR) is 190 cm³/mol. The second-order valence-electron chi connectivity index (χ2n) is 11.3. The van der Waals surface area contributed by atoms with E-state index in [0.29, 0.717) is 12.8 Å². The van der Waals surface area contributed by atoms with E-state index in [2.05, 4.69) is 168 Å². The van der Waals surface area contributed by atoms with Crippen molar-refractivity contribution < 1.29 is 39.8 Å². The van der Waals surface area contributed by atoms with Crippen LogP contribution in [-0.4, -0.2) is 87.5 Å². The zero-order valence-corrected chi connectivity index (χ0v) is 28.5. The van der Waals surface area contributed by atoms with E-state index in [1.54, 1.807) is 6.92 Å². The number of hydrogen-bond donors (Lipinski definition) is 6. The molecule has 0 aromatic rings. The molecule has 1 aliphatic rings. The van der Waals surface area contributed by atoms with Gasteiger partial charge in [0.2, 0.25) is 0 Å². The van der Waals surface area contributed by atoms with Crippen molar-refractivity contribution in [2.75, 3.05) is 13.2 Å². The van der Waals surface area contributed by atoms with Gasteiger partial charge in [0.25, 0.3) is 5.91 Å². The first-order valence-electron chi connectivity index (χ1n) is 15.3. The summed E-state index contributed by atoms with van der Waals surface area (Å²) in [6.07, 6.45) is -6.70. The summed E-state index contributed by atoms with van der Waals surface area (Å²) in [5.74, 6) is 58.6. The molecule has 9 nitrogen and oxygen atoms in total. The van der Waals surface area contributed by atoms with Gasteiger partial charge in [0.15, 0.2) is 6.29 Å². The highest BCUT2D eigenvalue weighted by Crippen LogP contribution is 2.24. The Morgan fingerprint density at radius 1 is 0.706 bits per heavy atom. The maximum atomic E-state index is 12.5. The smallest absolute Gasteiger partial charge is 0.297 e. The van der Waals surface area contributed by atoms with Crippen molar-refractivity contribution in [3.63, 3.8) is 0 Å². The van der Waals surface area contributed by atoms with E-state index in [1.807, 2.05) is 0 Å². The third kappa shape index (κ3) is 20.8. The minimum atomic E-state index is -1.64. The first kappa shape index (κ1) is 42.9. The van der Waals surface area contributed by atoms with Crippen LogP contribution in [0, 0.1) is 148 Å². The fourth-order valence-corrected chi connectivity index (χ4v) is 3.68. The monoisotopic (exact) mass is 681 g/mol. The van der Waals surface area contributed by atoms with Crippen molar-refractivity contribution in [2.45, 2.75) is 89.8 Å². The third-order valence-electron chi connectivity index (χ3n) is 6.11. The molecule has 256 valence electrons. The van der Waals surface area contributed by atoms with Crippen molar-refractivity contribution in [3.05, 3.63) is 0 Å². The maximum Gasteiger partial charge on any atom is 0.297 e. The SMILES string of the molecule is CC#CC#CC#CC#CC#CC#CC#CC#CC#CC#CC#CC#CC(=O)N[C@@H](CO[C@H]1OC(CO)[C@H](O)[C@H](O)C1O)[C@H](O)CCCC(C)(C)C. The Balaban J connectivity index is 2.73. The molecule has 2 unspecified atom stereocenters. The zero-order valence-electron chi connectivity index (χ0n) is 28.5. The van der Waals surface area contributed by atoms with Crippen molar-refractivity contribution >= 4 is 5.91 Å².